The van der Waals surface area contributed by atoms with Gasteiger partial charge in [0.05, 0.1) is 0 Å². The Morgan fingerprint density at radius 1 is 1.80 bits per heavy atom. The molecule has 1 unspecified atom stereocenters. The van der Waals surface area contributed by atoms with E-state index in [2.05, 4.69) is 11.6 Å². The van der Waals surface area contributed by atoms with Gasteiger partial charge in [-0.25, -0.2) is 0 Å². The Labute approximate surface area is 62.8 Å². The lowest BCUT2D eigenvalue weighted by Crippen LogP contribution is -2.14. The van der Waals surface area contributed by atoms with Crippen LogP contribution in [0, 0.1) is 5.92 Å². The maximum atomic E-state index is 5.46. The predicted octanol–water partition coefficient (Wildman–Crippen LogP) is 1.23. The first-order valence-electron chi connectivity index (χ1n) is 3.49. The fourth-order valence-corrected chi connectivity index (χ4v) is 0.734. The van der Waals surface area contributed by atoms with Crippen LogP contribution in [0.5, 0.6) is 0 Å². The molecular formula is C8H16N2. The van der Waals surface area contributed by atoms with E-state index in [-0.39, 0.29) is 0 Å². The van der Waals surface area contributed by atoms with E-state index in [4.69, 9.17) is 5.73 Å². The number of nitrogens with zero attached hydrogens (tertiary/aromatic N) is 1. The van der Waals surface area contributed by atoms with E-state index in [1.165, 1.54) is 0 Å². The first kappa shape index (κ1) is 9.37. The van der Waals surface area contributed by atoms with Crippen molar-refractivity contribution in [3.05, 3.63) is 12.7 Å². The number of hydrogen-bond donors (Lipinski definition) is 1. The smallest absolute Gasteiger partial charge is 0.0276 e. The highest BCUT2D eigenvalue weighted by molar-refractivity contribution is 5.82. The predicted molar refractivity (Wildman–Crippen MR) is 46.4 cm³/mol. The second kappa shape index (κ2) is 5.18. The molecule has 0 aliphatic carbocycles. The molecule has 0 saturated heterocycles. The van der Waals surface area contributed by atoms with E-state index in [0.717, 1.165) is 12.1 Å². The molecule has 2 heteroatoms. The molecule has 0 rings (SSSR count). The number of aliphatic imine (C=N–C) groups is 1. The van der Waals surface area contributed by atoms with E-state index >= 15 is 0 Å². The van der Waals surface area contributed by atoms with E-state index < -0.39 is 0 Å². The second-order valence-electron chi connectivity index (χ2n) is 2.39. The highest BCUT2D eigenvalue weighted by Gasteiger charge is 2.01. The number of nitrogens with two attached hydrogens (primary N) is 1. The van der Waals surface area contributed by atoms with Crippen LogP contribution >= 0.6 is 0 Å². The van der Waals surface area contributed by atoms with Gasteiger partial charge in [0.1, 0.15) is 0 Å². The van der Waals surface area contributed by atoms with Crippen LogP contribution in [0.4, 0.5) is 0 Å². The SMILES string of the molecule is C=CC(CN)CC(C)=NC. The van der Waals surface area contributed by atoms with Gasteiger partial charge < -0.3 is 5.73 Å². The molecule has 0 aliphatic heterocycles. The van der Waals surface area contributed by atoms with Crippen LogP contribution in [-0.4, -0.2) is 19.3 Å². The molecule has 2 nitrogen and oxygen atoms in total. The molecule has 0 aromatic rings. The van der Waals surface area contributed by atoms with E-state index in [1.807, 2.05) is 13.0 Å². The zero-order chi connectivity index (χ0) is 7.98. The first-order valence-corrected chi connectivity index (χ1v) is 3.49. The molecule has 0 aromatic carbocycles. The summed E-state index contributed by atoms with van der Waals surface area (Å²) in [6.45, 7) is 6.35. The van der Waals surface area contributed by atoms with Gasteiger partial charge in [-0.05, 0) is 25.8 Å². The van der Waals surface area contributed by atoms with Crippen molar-refractivity contribution in [1.82, 2.24) is 0 Å². The van der Waals surface area contributed by atoms with Gasteiger partial charge in [-0.1, -0.05) is 6.08 Å². The zero-order valence-corrected chi connectivity index (χ0v) is 6.80. The summed E-state index contributed by atoms with van der Waals surface area (Å²) >= 11 is 0. The maximum absolute atomic E-state index is 5.46. The normalized spacial score (nSPS) is 14.9. The lowest BCUT2D eigenvalue weighted by atomic mass is 10.0. The van der Waals surface area contributed by atoms with Crippen LogP contribution in [-0.2, 0) is 0 Å². The monoisotopic (exact) mass is 140 g/mol. The number of hydrogen-bond acceptors (Lipinski definition) is 2. The molecule has 0 fully saturated rings. The third kappa shape index (κ3) is 3.41. The summed E-state index contributed by atoms with van der Waals surface area (Å²) in [6, 6.07) is 0. The van der Waals surface area contributed by atoms with E-state index in [1.54, 1.807) is 7.05 Å². The average Bonchev–Trinajstić information content (AvgIpc) is 1.99. The summed E-state index contributed by atoms with van der Waals surface area (Å²) in [7, 11) is 1.80. The Balaban J connectivity index is 3.74. The van der Waals surface area contributed by atoms with Crippen molar-refractivity contribution >= 4 is 5.71 Å². The van der Waals surface area contributed by atoms with E-state index in [9.17, 15) is 0 Å². The van der Waals surface area contributed by atoms with Gasteiger partial charge in [0.2, 0.25) is 0 Å². The summed E-state index contributed by atoms with van der Waals surface area (Å²) in [5, 5.41) is 0. The summed E-state index contributed by atoms with van der Waals surface area (Å²) in [5.41, 5.74) is 6.59. The van der Waals surface area contributed by atoms with Crippen molar-refractivity contribution in [3.63, 3.8) is 0 Å². The molecule has 0 saturated carbocycles. The van der Waals surface area contributed by atoms with Crippen LogP contribution in [0.25, 0.3) is 0 Å². The van der Waals surface area contributed by atoms with Crippen LogP contribution in [0.2, 0.25) is 0 Å². The Hall–Kier alpha value is -0.630. The molecule has 1 atom stereocenters. The highest BCUT2D eigenvalue weighted by atomic mass is 14.7. The molecule has 0 heterocycles. The first-order chi connectivity index (χ1) is 4.74. The van der Waals surface area contributed by atoms with Crippen molar-refractivity contribution in [2.45, 2.75) is 13.3 Å². The van der Waals surface area contributed by atoms with Gasteiger partial charge in [-0.15, -0.1) is 6.58 Å². The van der Waals surface area contributed by atoms with Crippen LogP contribution in [0.1, 0.15) is 13.3 Å². The molecule has 0 bridgehead atoms. The molecule has 10 heavy (non-hydrogen) atoms. The third-order valence-electron chi connectivity index (χ3n) is 1.58. The maximum Gasteiger partial charge on any atom is 0.0276 e. The highest BCUT2D eigenvalue weighted by Crippen LogP contribution is 2.02. The fraction of sp³-hybridized carbons (Fsp3) is 0.625. The van der Waals surface area contributed by atoms with E-state index in [0.29, 0.717) is 12.5 Å². The molecular weight excluding hydrogens is 124 g/mol. The van der Waals surface area contributed by atoms with Gasteiger partial charge in [-0.2, -0.15) is 0 Å². The molecule has 58 valence electrons. The summed E-state index contributed by atoms with van der Waals surface area (Å²) in [6.07, 6.45) is 2.82. The van der Waals surface area contributed by atoms with Gasteiger partial charge in [0.25, 0.3) is 0 Å². The Kier molecular flexibility index (Phi) is 4.85. The molecule has 2 N–H and O–H groups in total. The Morgan fingerprint density at radius 2 is 2.40 bits per heavy atom. The summed E-state index contributed by atoms with van der Waals surface area (Å²) < 4.78 is 0. The average molecular weight is 140 g/mol. The number of rotatable bonds is 4. The lowest BCUT2D eigenvalue weighted by Gasteiger charge is -2.07. The Morgan fingerprint density at radius 3 is 2.70 bits per heavy atom. The molecule has 0 radical (unpaired) electrons. The molecule has 0 aromatic heterocycles. The van der Waals surface area contributed by atoms with Gasteiger partial charge in [-0.3, -0.25) is 4.99 Å². The minimum atomic E-state index is 0.392. The fourth-order valence-electron chi connectivity index (χ4n) is 0.734. The van der Waals surface area contributed by atoms with Crippen molar-refractivity contribution in [2.75, 3.05) is 13.6 Å². The second-order valence-corrected chi connectivity index (χ2v) is 2.39. The summed E-state index contributed by atoms with van der Waals surface area (Å²) in [4.78, 5) is 4.04. The Bertz CT molecular complexity index is 127. The van der Waals surface area contributed by atoms with Crippen molar-refractivity contribution < 1.29 is 0 Å². The molecule has 0 amide bonds. The van der Waals surface area contributed by atoms with Gasteiger partial charge in [0.15, 0.2) is 0 Å². The largest absolute Gasteiger partial charge is 0.330 e. The standard InChI is InChI=1S/C8H16N2/c1-4-8(6-9)5-7(2)10-3/h4,8H,1,5-6,9H2,2-3H3. The third-order valence-corrected chi connectivity index (χ3v) is 1.58. The molecule has 0 aliphatic rings. The quantitative estimate of drug-likeness (QED) is 0.463. The van der Waals surface area contributed by atoms with Crippen LogP contribution in [0.3, 0.4) is 0 Å². The van der Waals surface area contributed by atoms with Gasteiger partial charge in [0, 0.05) is 12.8 Å². The topological polar surface area (TPSA) is 38.4 Å². The van der Waals surface area contributed by atoms with Gasteiger partial charge >= 0.3 is 0 Å². The van der Waals surface area contributed by atoms with Crippen LogP contribution in [0.15, 0.2) is 17.6 Å². The van der Waals surface area contributed by atoms with Crippen LogP contribution < -0.4 is 5.73 Å². The minimum absolute atomic E-state index is 0.392. The summed E-state index contributed by atoms with van der Waals surface area (Å²) in [5.74, 6) is 0.392. The lowest BCUT2D eigenvalue weighted by molar-refractivity contribution is 0.693. The molecule has 0 spiro atoms. The minimum Gasteiger partial charge on any atom is -0.330 e. The van der Waals surface area contributed by atoms with Crippen molar-refractivity contribution in [2.24, 2.45) is 16.6 Å². The zero-order valence-electron chi connectivity index (χ0n) is 6.80. The van der Waals surface area contributed by atoms with Crippen molar-refractivity contribution in [1.29, 1.82) is 0 Å². The van der Waals surface area contributed by atoms with Crippen molar-refractivity contribution in [3.8, 4) is 0 Å².